The highest BCUT2D eigenvalue weighted by Crippen LogP contribution is 2.30. The molecule has 0 radical (unpaired) electrons. The number of carbonyl (C=O) groups excluding carboxylic acids is 1. The van der Waals surface area contributed by atoms with Crippen molar-refractivity contribution in [3.05, 3.63) is 33.9 Å². The number of hydrogen-bond donors (Lipinski definition) is 2. The number of hydrogen-bond acceptors (Lipinski definition) is 4. The van der Waals surface area contributed by atoms with Crippen LogP contribution >= 0.6 is 0 Å². The van der Waals surface area contributed by atoms with Gasteiger partial charge in [0.15, 0.2) is 17.3 Å². The first-order chi connectivity index (χ1) is 8.75. The van der Waals surface area contributed by atoms with Crippen molar-refractivity contribution < 1.29 is 18.5 Å². The topological polar surface area (TPSA) is 98.3 Å². The Morgan fingerprint density at radius 2 is 2.00 bits per heavy atom. The van der Waals surface area contributed by atoms with Gasteiger partial charge in [0, 0.05) is 6.07 Å². The molecule has 0 saturated carbocycles. The highest BCUT2D eigenvalue weighted by atomic mass is 19.2. The maximum atomic E-state index is 13.6. The molecule has 0 aliphatic rings. The second-order valence-electron chi connectivity index (χ2n) is 4.28. The maximum absolute atomic E-state index is 13.6. The van der Waals surface area contributed by atoms with Crippen molar-refractivity contribution >= 4 is 17.3 Å². The molecular weight excluding hydrogens is 260 g/mol. The molecule has 0 spiro atoms. The third-order valence-electron chi connectivity index (χ3n) is 2.54. The summed E-state index contributed by atoms with van der Waals surface area (Å²) in [6.07, 6.45) is 0. The summed E-state index contributed by atoms with van der Waals surface area (Å²) in [7, 11) is 0. The molecule has 0 bridgehead atoms. The lowest BCUT2D eigenvalue weighted by Crippen LogP contribution is -2.40. The van der Waals surface area contributed by atoms with E-state index in [9.17, 15) is 23.7 Å². The van der Waals surface area contributed by atoms with Crippen molar-refractivity contribution in [1.29, 1.82) is 0 Å². The second kappa shape index (κ2) is 5.59. The van der Waals surface area contributed by atoms with E-state index in [4.69, 9.17) is 5.73 Å². The smallest absolute Gasteiger partial charge is 0.295 e. The van der Waals surface area contributed by atoms with E-state index in [1.165, 1.54) is 0 Å². The minimum absolute atomic E-state index is 0.347. The quantitative estimate of drug-likeness (QED) is 0.631. The van der Waals surface area contributed by atoms with Crippen molar-refractivity contribution in [3.63, 3.8) is 0 Å². The van der Waals surface area contributed by atoms with Crippen LogP contribution in [0.15, 0.2) is 12.1 Å². The number of halogens is 2. The lowest BCUT2D eigenvalue weighted by Gasteiger charge is -2.20. The first-order valence-electron chi connectivity index (χ1n) is 5.44. The van der Waals surface area contributed by atoms with Gasteiger partial charge >= 0.3 is 0 Å². The lowest BCUT2D eigenvalue weighted by molar-refractivity contribution is -0.384. The molecule has 1 rings (SSSR count). The molecule has 19 heavy (non-hydrogen) atoms. The van der Waals surface area contributed by atoms with Gasteiger partial charge in [0.1, 0.15) is 6.04 Å². The third kappa shape index (κ3) is 3.15. The molecule has 0 aromatic heterocycles. The largest absolute Gasteiger partial charge is 0.368 e. The predicted molar refractivity (Wildman–Crippen MR) is 64.5 cm³/mol. The van der Waals surface area contributed by atoms with Gasteiger partial charge in [-0.25, -0.2) is 8.78 Å². The average molecular weight is 273 g/mol. The monoisotopic (exact) mass is 273 g/mol. The molecule has 8 heteroatoms. The van der Waals surface area contributed by atoms with Crippen LogP contribution in [0, 0.1) is 27.7 Å². The zero-order valence-electron chi connectivity index (χ0n) is 10.3. The predicted octanol–water partition coefficient (Wildman–Crippen LogP) is 1.79. The number of nitrogens with one attached hydrogen (secondary N) is 1. The van der Waals surface area contributed by atoms with Crippen LogP contribution in [-0.4, -0.2) is 16.9 Å². The fourth-order valence-electron chi connectivity index (χ4n) is 1.55. The summed E-state index contributed by atoms with van der Waals surface area (Å²) in [6.45, 7) is 3.23. The summed E-state index contributed by atoms with van der Waals surface area (Å²) in [5.74, 6) is -3.83. The summed E-state index contributed by atoms with van der Waals surface area (Å²) in [5, 5.41) is 13.1. The number of nitrogens with zero attached hydrogens (tertiary/aromatic N) is 1. The van der Waals surface area contributed by atoms with Gasteiger partial charge in [-0.3, -0.25) is 14.9 Å². The summed E-state index contributed by atoms with van der Waals surface area (Å²) < 4.78 is 26.7. The van der Waals surface area contributed by atoms with Crippen LogP contribution in [-0.2, 0) is 4.79 Å². The molecule has 6 nitrogen and oxygen atoms in total. The number of carbonyl (C=O) groups is 1. The zero-order chi connectivity index (χ0) is 14.7. The van der Waals surface area contributed by atoms with E-state index in [0.717, 1.165) is 6.07 Å². The van der Waals surface area contributed by atoms with E-state index < -0.39 is 39.9 Å². The minimum atomic E-state index is -1.42. The SMILES string of the molecule is CC(C)C(Nc1c([N+](=O)[O-])ccc(F)c1F)C(N)=O. The third-order valence-corrected chi connectivity index (χ3v) is 2.54. The van der Waals surface area contributed by atoms with Gasteiger partial charge in [0.25, 0.3) is 5.69 Å². The standard InChI is InChI=1S/C11H13F2N3O3/c1-5(2)9(11(14)17)15-10-7(16(18)19)4-3-6(12)8(10)13/h3-5,9,15H,1-2H3,(H2,14,17). The van der Waals surface area contributed by atoms with Gasteiger partial charge in [-0.1, -0.05) is 13.8 Å². The van der Waals surface area contributed by atoms with Gasteiger partial charge < -0.3 is 11.1 Å². The van der Waals surface area contributed by atoms with Crippen molar-refractivity contribution in [3.8, 4) is 0 Å². The van der Waals surface area contributed by atoms with Gasteiger partial charge in [-0.2, -0.15) is 0 Å². The number of rotatable bonds is 5. The van der Waals surface area contributed by atoms with Crippen LogP contribution < -0.4 is 11.1 Å². The molecule has 1 amide bonds. The number of benzene rings is 1. The van der Waals surface area contributed by atoms with Crippen molar-refractivity contribution in [2.75, 3.05) is 5.32 Å². The maximum Gasteiger partial charge on any atom is 0.295 e. The van der Waals surface area contributed by atoms with Crippen molar-refractivity contribution in [2.45, 2.75) is 19.9 Å². The van der Waals surface area contributed by atoms with Gasteiger partial charge in [-0.05, 0) is 12.0 Å². The number of nitrogens with two attached hydrogens (primary N) is 1. The Morgan fingerprint density at radius 1 is 1.42 bits per heavy atom. The summed E-state index contributed by atoms with van der Waals surface area (Å²) in [5.41, 5.74) is 3.77. The Bertz CT molecular complexity index is 520. The van der Waals surface area contributed by atoms with Crippen LogP contribution in [0.25, 0.3) is 0 Å². The first kappa shape index (κ1) is 14.8. The van der Waals surface area contributed by atoms with Crippen LogP contribution in [0.5, 0.6) is 0 Å². The Hall–Kier alpha value is -2.25. The second-order valence-corrected chi connectivity index (χ2v) is 4.28. The molecule has 0 aliphatic carbocycles. The van der Waals surface area contributed by atoms with Crippen LogP contribution in [0.1, 0.15) is 13.8 Å². The van der Waals surface area contributed by atoms with Gasteiger partial charge in [-0.15, -0.1) is 0 Å². The Labute approximate surface area is 107 Å². The van der Waals surface area contributed by atoms with E-state index in [0.29, 0.717) is 6.07 Å². The number of amides is 1. The van der Waals surface area contributed by atoms with Gasteiger partial charge in [0.2, 0.25) is 5.91 Å². The summed E-state index contributed by atoms with van der Waals surface area (Å²) in [4.78, 5) is 21.1. The van der Waals surface area contributed by atoms with E-state index in [1.807, 2.05) is 0 Å². The van der Waals surface area contributed by atoms with E-state index in [2.05, 4.69) is 5.32 Å². The van der Waals surface area contributed by atoms with Gasteiger partial charge in [0.05, 0.1) is 4.92 Å². The normalized spacial score (nSPS) is 12.3. The Balaban J connectivity index is 3.28. The molecule has 1 unspecified atom stereocenters. The van der Waals surface area contributed by atoms with E-state index in [-0.39, 0.29) is 5.92 Å². The lowest BCUT2D eigenvalue weighted by atomic mass is 10.0. The summed E-state index contributed by atoms with van der Waals surface area (Å²) >= 11 is 0. The molecular formula is C11H13F2N3O3. The van der Waals surface area contributed by atoms with Crippen LogP contribution in [0.3, 0.4) is 0 Å². The molecule has 1 aromatic carbocycles. The van der Waals surface area contributed by atoms with Crippen LogP contribution in [0.4, 0.5) is 20.2 Å². The number of primary amides is 1. The molecule has 0 aliphatic heterocycles. The molecule has 0 saturated heterocycles. The fraction of sp³-hybridized carbons (Fsp3) is 0.364. The van der Waals surface area contributed by atoms with E-state index >= 15 is 0 Å². The highest BCUT2D eigenvalue weighted by molar-refractivity contribution is 5.84. The number of nitro benzene ring substituents is 1. The van der Waals surface area contributed by atoms with Crippen molar-refractivity contribution in [1.82, 2.24) is 0 Å². The molecule has 0 fully saturated rings. The fourth-order valence-corrected chi connectivity index (χ4v) is 1.55. The Morgan fingerprint density at radius 3 is 2.42 bits per heavy atom. The van der Waals surface area contributed by atoms with Crippen LogP contribution in [0.2, 0.25) is 0 Å². The molecule has 0 heterocycles. The molecule has 1 aromatic rings. The summed E-state index contributed by atoms with van der Waals surface area (Å²) in [6, 6.07) is 0.418. The zero-order valence-corrected chi connectivity index (χ0v) is 10.3. The minimum Gasteiger partial charge on any atom is -0.368 e. The highest BCUT2D eigenvalue weighted by Gasteiger charge is 2.27. The molecule has 3 N–H and O–H groups in total. The Kier molecular flexibility index (Phi) is 4.36. The molecule has 104 valence electrons. The molecule has 1 atom stereocenters. The first-order valence-corrected chi connectivity index (χ1v) is 5.44. The number of nitro groups is 1. The van der Waals surface area contributed by atoms with E-state index in [1.54, 1.807) is 13.8 Å². The number of anilines is 1. The van der Waals surface area contributed by atoms with Crippen molar-refractivity contribution in [2.24, 2.45) is 11.7 Å². The average Bonchev–Trinajstić information content (AvgIpc) is 2.29.